The molecule has 0 atom stereocenters. The molecule has 0 heterocycles. The largest absolute Gasteiger partial charge is 0.451 e. The van der Waals surface area contributed by atoms with Crippen LogP contribution in [-0.2, 0) is 6.18 Å². The van der Waals surface area contributed by atoms with E-state index in [0.29, 0.717) is 18.2 Å². The van der Waals surface area contributed by atoms with Gasteiger partial charge in [0.15, 0.2) is 17.4 Å². The van der Waals surface area contributed by atoms with Gasteiger partial charge >= 0.3 is 6.18 Å². The topological polar surface area (TPSA) is 33.0 Å². The third-order valence-corrected chi connectivity index (χ3v) is 2.92. The van der Waals surface area contributed by atoms with Crippen LogP contribution < -0.4 is 4.74 Å². The number of rotatable bonds is 2. The quantitative estimate of drug-likeness (QED) is 0.699. The van der Waals surface area contributed by atoms with Crippen LogP contribution in [0.4, 0.5) is 22.0 Å². The van der Waals surface area contributed by atoms with E-state index >= 15 is 0 Å². The molecule has 0 radical (unpaired) electrons. The summed E-state index contributed by atoms with van der Waals surface area (Å²) in [6, 6.07) is 5.41. The molecule has 114 valence electrons. The zero-order valence-electron chi connectivity index (χ0n) is 10.5. The lowest BCUT2D eigenvalue weighted by Gasteiger charge is -2.12. The molecule has 0 N–H and O–H groups in total. The molecule has 8 heteroatoms. The summed E-state index contributed by atoms with van der Waals surface area (Å²) in [4.78, 5) is 0. The molecule has 0 spiro atoms. The number of benzene rings is 2. The summed E-state index contributed by atoms with van der Waals surface area (Å²) in [5, 5.41) is 7.99. The third-order valence-electron chi connectivity index (χ3n) is 2.59. The molecule has 2 rings (SSSR count). The smallest absolute Gasteiger partial charge is 0.417 e. The van der Waals surface area contributed by atoms with Crippen LogP contribution >= 0.6 is 11.6 Å². The maximum atomic E-state index is 13.6. The lowest BCUT2D eigenvalue weighted by molar-refractivity contribution is -0.137. The van der Waals surface area contributed by atoms with Gasteiger partial charge in [-0.3, -0.25) is 0 Å². The fourth-order valence-electron chi connectivity index (χ4n) is 1.62. The molecule has 22 heavy (non-hydrogen) atoms. The van der Waals surface area contributed by atoms with Gasteiger partial charge in [0, 0.05) is 0 Å². The first-order valence-corrected chi connectivity index (χ1v) is 6.04. The maximum absolute atomic E-state index is 13.6. The van der Waals surface area contributed by atoms with Crippen molar-refractivity contribution in [3.8, 4) is 17.6 Å². The third kappa shape index (κ3) is 3.28. The summed E-state index contributed by atoms with van der Waals surface area (Å²) in [6.07, 6.45) is -4.74. The van der Waals surface area contributed by atoms with Crippen LogP contribution in [0.1, 0.15) is 11.1 Å². The predicted octanol–water partition coefficient (Wildman–Crippen LogP) is 5.30. The molecule has 0 aliphatic heterocycles. The van der Waals surface area contributed by atoms with Crippen molar-refractivity contribution in [2.75, 3.05) is 0 Å². The minimum atomic E-state index is -4.74. The van der Waals surface area contributed by atoms with Gasteiger partial charge in [-0.05, 0) is 30.3 Å². The molecule has 0 saturated carbocycles. The second-order valence-electron chi connectivity index (χ2n) is 4.12. The van der Waals surface area contributed by atoms with Crippen LogP contribution in [0.5, 0.6) is 11.5 Å². The zero-order valence-corrected chi connectivity index (χ0v) is 11.3. The SMILES string of the molecule is N#Cc1cc(F)c(Oc2ccc(Cl)c(C(F)(F)F)c2)c(F)c1. The number of ether oxygens (including phenoxy) is 1. The zero-order chi connectivity index (χ0) is 16.5. The second-order valence-corrected chi connectivity index (χ2v) is 4.53. The molecule has 0 saturated heterocycles. The number of alkyl halides is 3. The summed E-state index contributed by atoms with van der Waals surface area (Å²) < 4.78 is 70.2. The molecular weight excluding hydrogens is 329 g/mol. The van der Waals surface area contributed by atoms with Crippen LogP contribution in [0, 0.1) is 23.0 Å². The van der Waals surface area contributed by atoms with Crippen molar-refractivity contribution >= 4 is 11.6 Å². The van der Waals surface area contributed by atoms with Crippen molar-refractivity contribution in [2.45, 2.75) is 6.18 Å². The summed E-state index contributed by atoms with van der Waals surface area (Å²) >= 11 is 5.43. The average molecular weight is 334 g/mol. The Morgan fingerprint density at radius 2 is 1.64 bits per heavy atom. The number of nitrogens with zero attached hydrogens (tertiary/aromatic N) is 1. The van der Waals surface area contributed by atoms with Crippen LogP contribution in [0.25, 0.3) is 0 Å². The Morgan fingerprint density at radius 1 is 1.05 bits per heavy atom. The van der Waals surface area contributed by atoms with Gasteiger partial charge in [-0.15, -0.1) is 0 Å². The Labute approximate surface area is 126 Å². The van der Waals surface area contributed by atoms with Crippen molar-refractivity contribution in [1.29, 1.82) is 5.26 Å². The molecule has 0 amide bonds. The number of hydrogen-bond donors (Lipinski definition) is 0. The van der Waals surface area contributed by atoms with Crippen molar-refractivity contribution in [2.24, 2.45) is 0 Å². The van der Waals surface area contributed by atoms with Gasteiger partial charge in [-0.25, -0.2) is 8.78 Å². The van der Waals surface area contributed by atoms with Crippen molar-refractivity contribution in [3.05, 3.63) is 58.1 Å². The van der Waals surface area contributed by atoms with Crippen LogP contribution in [0.3, 0.4) is 0 Å². The van der Waals surface area contributed by atoms with Gasteiger partial charge in [0.2, 0.25) is 0 Å². The molecule has 0 bridgehead atoms. The van der Waals surface area contributed by atoms with E-state index < -0.39 is 39.9 Å². The highest BCUT2D eigenvalue weighted by Gasteiger charge is 2.33. The van der Waals surface area contributed by atoms with Gasteiger partial charge in [0.1, 0.15) is 5.75 Å². The van der Waals surface area contributed by atoms with Crippen molar-refractivity contribution in [1.82, 2.24) is 0 Å². The highest BCUT2D eigenvalue weighted by Crippen LogP contribution is 2.38. The van der Waals surface area contributed by atoms with Crippen LogP contribution in [-0.4, -0.2) is 0 Å². The van der Waals surface area contributed by atoms with E-state index in [1.165, 1.54) is 6.07 Å². The maximum Gasteiger partial charge on any atom is 0.417 e. The Balaban J connectivity index is 2.43. The molecule has 2 nitrogen and oxygen atoms in total. The van der Waals surface area contributed by atoms with E-state index in [1.54, 1.807) is 0 Å². The fraction of sp³-hybridized carbons (Fsp3) is 0.0714. The Kier molecular flexibility index (Phi) is 4.24. The first-order chi connectivity index (χ1) is 10.2. The lowest BCUT2D eigenvalue weighted by Crippen LogP contribution is -2.06. The van der Waals surface area contributed by atoms with E-state index in [-0.39, 0.29) is 5.56 Å². The Bertz CT molecular complexity index is 744. The highest BCUT2D eigenvalue weighted by atomic mass is 35.5. The molecule has 0 fully saturated rings. The van der Waals surface area contributed by atoms with Crippen molar-refractivity contribution in [3.63, 3.8) is 0 Å². The standard InChI is InChI=1S/C14H5ClF5NO/c15-10-2-1-8(5-9(10)14(18,19)20)22-13-11(16)3-7(6-21)4-12(13)17/h1-5H. The van der Waals surface area contributed by atoms with Gasteiger partial charge in [0.25, 0.3) is 0 Å². The summed E-state index contributed by atoms with van der Waals surface area (Å²) in [6.45, 7) is 0. The summed E-state index contributed by atoms with van der Waals surface area (Å²) in [5.74, 6) is -3.77. The monoisotopic (exact) mass is 333 g/mol. The highest BCUT2D eigenvalue weighted by molar-refractivity contribution is 6.31. The van der Waals surface area contributed by atoms with Crippen LogP contribution in [0.15, 0.2) is 30.3 Å². The fourth-order valence-corrected chi connectivity index (χ4v) is 1.85. The van der Waals surface area contributed by atoms with Crippen molar-refractivity contribution < 1.29 is 26.7 Å². The van der Waals surface area contributed by atoms with E-state index in [0.717, 1.165) is 12.1 Å². The molecule has 2 aromatic carbocycles. The molecule has 0 unspecified atom stereocenters. The second kappa shape index (κ2) is 5.81. The lowest BCUT2D eigenvalue weighted by atomic mass is 10.2. The molecule has 0 aromatic heterocycles. The molecular formula is C14H5ClF5NO. The van der Waals surface area contributed by atoms with E-state index in [2.05, 4.69) is 0 Å². The van der Waals surface area contributed by atoms with Crippen LogP contribution in [0.2, 0.25) is 5.02 Å². The van der Waals surface area contributed by atoms with E-state index in [9.17, 15) is 22.0 Å². The first-order valence-electron chi connectivity index (χ1n) is 5.66. The molecule has 2 aromatic rings. The summed E-state index contributed by atoms with van der Waals surface area (Å²) in [5.41, 5.74) is -1.48. The minimum Gasteiger partial charge on any atom is -0.451 e. The first kappa shape index (κ1) is 16.0. The Hall–Kier alpha value is -2.33. The number of nitriles is 1. The van der Waals surface area contributed by atoms with Gasteiger partial charge < -0.3 is 4.74 Å². The van der Waals surface area contributed by atoms with Gasteiger partial charge in [-0.2, -0.15) is 18.4 Å². The van der Waals surface area contributed by atoms with E-state index in [1.807, 2.05) is 0 Å². The molecule has 0 aliphatic carbocycles. The number of halogens is 6. The van der Waals surface area contributed by atoms with E-state index in [4.69, 9.17) is 21.6 Å². The number of hydrogen-bond acceptors (Lipinski definition) is 2. The average Bonchev–Trinajstić information content (AvgIpc) is 2.43. The normalized spacial score (nSPS) is 11.1. The Morgan fingerprint density at radius 3 is 2.14 bits per heavy atom. The molecule has 0 aliphatic rings. The minimum absolute atomic E-state index is 0.283. The predicted molar refractivity (Wildman–Crippen MR) is 67.6 cm³/mol. The summed E-state index contributed by atoms with van der Waals surface area (Å²) in [7, 11) is 0. The van der Waals surface area contributed by atoms with Gasteiger partial charge in [-0.1, -0.05) is 11.6 Å². The van der Waals surface area contributed by atoms with Gasteiger partial charge in [0.05, 0.1) is 22.2 Å².